The summed E-state index contributed by atoms with van der Waals surface area (Å²) in [6.45, 7) is 8.96. The smallest absolute Gasteiger partial charge is 0.374 e. The number of hydrogen-bond donors (Lipinski definition) is 0. The second-order valence-electron chi connectivity index (χ2n) is 8.20. The monoisotopic (exact) mass is 398 g/mol. The van der Waals surface area contributed by atoms with E-state index in [-0.39, 0.29) is 17.4 Å². The summed E-state index contributed by atoms with van der Waals surface area (Å²) in [6.07, 6.45) is 0.116. The molecule has 2 aromatic rings. The van der Waals surface area contributed by atoms with Gasteiger partial charge < -0.3 is 9.16 Å². The normalized spacial score (nSPS) is 13.0. The van der Waals surface area contributed by atoms with Crippen molar-refractivity contribution in [3.8, 4) is 0 Å². The molecule has 28 heavy (non-hydrogen) atoms. The lowest BCUT2D eigenvalue weighted by Gasteiger charge is -2.43. The van der Waals surface area contributed by atoms with Crippen LogP contribution in [-0.4, -0.2) is 33.8 Å². The lowest BCUT2D eigenvalue weighted by atomic mass is 10.1. The fraction of sp³-hybridized carbons (Fsp3) is 0.391. The average Bonchev–Trinajstić information content (AvgIpc) is 2.68. The molecule has 0 unspecified atom stereocenters. The standard InChI is InChI=1S/C23H30O4Si/c1-18(16-21(24)22(25)26-5)17-27-28(23(2,3)4,19-12-8-6-9-13-19)20-14-10-7-11-15-20/h6-15,18H,16-17H2,1-5H3/t18-/m0/s1. The van der Waals surface area contributed by atoms with Gasteiger partial charge in [0.1, 0.15) is 0 Å². The molecule has 0 heterocycles. The third kappa shape index (κ3) is 4.78. The highest BCUT2D eigenvalue weighted by Crippen LogP contribution is 2.37. The van der Waals surface area contributed by atoms with Crippen LogP contribution >= 0.6 is 0 Å². The molecule has 4 nitrogen and oxygen atoms in total. The summed E-state index contributed by atoms with van der Waals surface area (Å²) in [5.41, 5.74) is 0. The van der Waals surface area contributed by atoms with Gasteiger partial charge >= 0.3 is 5.97 Å². The van der Waals surface area contributed by atoms with Crippen LogP contribution in [0.1, 0.15) is 34.1 Å². The largest absolute Gasteiger partial charge is 0.463 e. The Balaban J connectivity index is 2.39. The Morgan fingerprint density at radius 2 is 1.39 bits per heavy atom. The molecule has 0 aliphatic heterocycles. The Kier molecular flexibility index (Phi) is 7.33. The Morgan fingerprint density at radius 3 is 1.79 bits per heavy atom. The first kappa shape index (κ1) is 22.1. The van der Waals surface area contributed by atoms with E-state index in [0.717, 1.165) is 0 Å². The Morgan fingerprint density at radius 1 is 0.929 bits per heavy atom. The number of rotatable bonds is 8. The Hall–Kier alpha value is -2.24. The van der Waals surface area contributed by atoms with Gasteiger partial charge in [0.25, 0.3) is 8.32 Å². The van der Waals surface area contributed by atoms with Crippen LogP contribution in [-0.2, 0) is 18.8 Å². The van der Waals surface area contributed by atoms with Gasteiger partial charge in [-0.3, -0.25) is 4.79 Å². The predicted molar refractivity (Wildman–Crippen MR) is 114 cm³/mol. The molecule has 0 radical (unpaired) electrons. The van der Waals surface area contributed by atoms with Gasteiger partial charge in [0.2, 0.25) is 5.78 Å². The predicted octanol–water partition coefficient (Wildman–Crippen LogP) is 3.33. The van der Waals surface area contributed by atoms with Crippen LogP contribution < -0.4 is 10.4 Å². The van der Waals surface area contributed by atoms with Gasteiger partial charge in [-0.15, -0.1) is 0 Å². The van der Waals surface area contributed by atoms with Crippen LogP contribution in [0.5, 0.6) is 0 Å². The molecule has 0 aromatic heterocycles. The van der Waals surface area contributed by atoms with Crippen molar-refractivity contribution in [1.82, 2.24) is 0 Å². The molecule has 150 valence electrons. The maximum Gasteiger partial charge on any atom is 0.374 e. The minimum atomic E-state index is -2.63. The maximum atomic E-state index is 11.9. The summed E-state index contributed by atoms with van der Waals surface area (Å²) >= 11 is 0. The van der Waals surface area contributed by atoms with Crippen molar-refractivity contribution in [3.63, 3.8) is 0 Å². The summed E-state index contributed by atoms with van der Waals surface area (Å²) < 4.78 is 11.3. The fourth-order valence-corrected chi connectivity index (χ4v) is 8.29. The topological polar surface area (TPSA) is 52.6 Å². The highest BCUT2D eigenvalue weighted by molar-refractivity contribution is 6.99. The van der Waals surface area contributed by atoms with Crippen molar-refractivity contribution in [2.24, 2.45) is 5.92 Å². The van der Waals surface area contributed by atoms with Gasteiger partial charge in [0.05, 0.1) is 7.11 Å². The number of carbonyl (C=O) groups excluding carboxylic acids is 2. The molecule has 0 aliphatic carbocycles. The van der Waals surface area contributed by atoms with Crippen LogP contribution in [0.4, 0.5) is 0 Å². The molecule has 0 N–H and O–H groups in total. The number of methoxy groups -OCH3 is 1. The number of esters is 1. The molecular weight excluding hydrogens is 368 g/mol. The first-order chi connectivity index (χ1) is 13.2. The lowest BCUT2D eigenvalue weighted by Crippen LogP contribution is -2.66. The van der Waals surface area contributed by atoms with Crippen molar-refractivity contribution in [1.29, 1.82) is 0 Å². The number of Topliss-reactive ketones (excluding diaryl/α,β-unsaturated/α-hetero) is 1. The van der Waals surface area contributed by atoms with Crippen molar-refractivity contribution >= 4 is 30.4 Å². The molecule has 0 bridgehead atoms. The molecule has 2 rings (SSSR count). The Bertz CT molecular complexity index is 742. The average molecular weight is 399 g/mol. The summed E-state index contributed by atoms with van der Waals surface area (Å²) in [4.78, 5) is 23.4. The molecule has 1 atom stereocenters. The molecule has 5 heteroatoms. The van der Waals surface area contributed by atoms with Gasteiger partial charge in [0.15, 0.2) is 0 Å². The molecule has 0 spiro atoms. The number of carbonyl (C=O) groups is 2. The van der Waals surface area contributed by atoms with Crippen molar-refractivity contribution in [2.75, 3.05) is 13.7 Å². The summed E-state index contributed by atoms with van der Waals surface area (Å²) in [5.74, 6) is -1.40. The second kappa shape index (κ2) is 9.30. The minimum absolute atomic E-state index is 0.0896. The van der Waals surface area contributed by atoms with Crippen LogP contribution in [0.25, 0.3) is 0 Å². The van der Waals surface area contributed by atoms with Crippen molar-refractivity contribution in [3.05, 3.63) is 60.7 Å². The Labute approximate surface area is 169 Å². The highest BCUT2D eigenvalue weighted by Gasteiger charge is 2.50. The first-order valence-electron chi connectivity index (χ1n) is 9.58. The molecule has 0 saturated carbocycles. The number of ether oxygens (including phenoxy) is 1. The molecule has 0 saturated heterocycles. The van der Waals surface area contributed by atoms with Gasteiger partial charge in [-0.05, 0) is 21.3 Å². The quantitative estimate of drug-likeness (QED) is 0.389. The fourth-order valence-electron chi connectivity index (χ4n) is 3.60. The van der Waals surface area contributed by atoms with Gasteiger partial charge in [0, 0.05) is 13.0 Å². The van der Waals surface area contributed by atoms with Crippen molar-refractivity contribution in [2.45, 2.75) is 39.2 Å². The minimum Gasteiger partial charge on any atom is -0.463 e. The van der Waals surface area contributed by atoms with Crippen LogP contribution in [0.2, 0.25) is 5.04 Å². The third-order valence-corrected chi connectivity index (χ3v) is 9.95. The number of hydrogen-bond acceptors (Lipinski definition) is 4. The zero-order valence-corrected chi connectivity index (χ0v) is 18.4. The van der Waals surface area contributed by atoms with E-state index in [1.807, 2.05) is 43.3 Å². The summed E-state index contributed by atoms with van der Waals surface area (Å²) in [6, 6.07) is 20.7. The number of ketones is 1. The molecular formula is C23H30O4Si. The zero-order valence-electron chi connectivity index (χ0n) is 17.4. The molecule has 0 amide bonds. The van der Waals surface area contributed by atoms with E-state index < -0.39 is 20.1 Å². The molecule has 0 aliphatic rings. The third-order valence-electron chi connectivity index (χ3n) is 4.95. The van der Waals surface area contributed by atoms with E-state index in [0.29, 0.717) is 6.61 Å². The first-order valence-corrected chi connectivity index (χ1v) is 11.5. The summed E-state index contributed by atoms with van der Waals surface area (Å²) in [7, 11) is -1.40. The second-order valence-corrected chi connectivity index (χ2v) is 12.5. The summed E-state index contributed by atoms with van der Waals surface area (Å²) in [5, 5.41) is 2.27. The van der Waals surface area contributed by atoms with Crippen molar-refractivity contribution < 1.29 is 18.8 Å². The molecule has 2 aromatic carbocycles. The van der Waals surface area contributed by atoms with Gasteiger partial charge in [-0.1, -0.05) is 88.4 Å². The number of benzene rings is 2. The van der Waals surface area contributed by atoms with Gasteiger partial charge in [-0.2, -0.15) is 0 Å². The van der Waals surface area contributed by atoms with Crippen LogP contribution in [0, 0.1) is 5.92 Å². The SMILES string of the molecule is COC(=O)C(=O)C[C@H](C)CO[Si](c1ccccc1)(c1ccccc1)C(C)(C)C. The lowest BCUT2D eigenvalue weighted by molar-refractivity contribution is -0.152. The van der Waals surface area contributed by atoms with Gasteiger partial charge in [-0.25, -0.2) is 4.79 Å². The van der Waals surface area contributed by atoms with E-state index in [9.17, 15) is 9.59 Å². The van der Waals surface area contributed by atoms with E-state index in [2.05, 4.69) is 49.8 Å². The van der Waals surface area contributed by atoms with Crippen LogP contribution in [0.3, 0.4) is 0 Å². The highest BCUT2D eigenvalue weighted by atomic mass is 28.4. The van der Waals surface area contributed by atoms with E-state index in [1.165, 1.54) is 17.5 Å². The van der Waals surface area contributed by atoms with Crippen LogP contribution in [0.15, 0.2) is 60.7 Å². The molecule has 0 fully saturated rings. The van der Waals surface area contributed by atoms with E-state index >= 15 is 0 Å². The van der Waals surface area contributed by atoms with E-state index in [4.69, 9.17) is 4.43 Å². The van der Waals surface area contributed by atoms with E-state index in [1.54, 1.807) is 0 Å². The maximum absolute atomic E-state index is 11.9. The zero-order chi connectivity index (χ0) is 20.8.